The Labute approximate surface area is 111 Å². The lowest BCUT2D eigenvalue weighted by molar-refractivity contribution is 0.414. The summed E-state index contributed by atoms with van der Waals surface area (Å²) in [5.41, 5.74) is 8.35. The Balaban J connectivity index is 2.25. The summed E-state index contributed by atoms with van der Waals surface area (Å²) >= 11 is 0. The highest BCUT2D eigenvalue weighted by molar-refractivity contribution is 5.30. The molecule has 0 spiro atoms. The topological polar surface area (TPSA) is 89.8 Å². The van der Waals surface area contributed by atoms with Crippen molar-refractivity contribution in [1.82, 2.24) is 15.0 Å². The lowest BCUT2D eigenvalue weighted by atomic mass is 10.1. The molecule has 1 aromatic heterocycles. The fraction of sp³-hybridized carbons (Fsp3) is 0.308. The number of nitrogens with two attached hydrogens (primary N) is 1. The van der Waals surface area contributed by atoms with E-state index in [0.29, 0.717) is 13.0 Å². The van der Waals surface area contributed by atoms with Gasteiger partial charge in [-0.1, -0.05) is 17.3 Å². The highest BCUT2D eigenvalue weighted by Crippen LogP contribution is 2.16. The molecule has 2 aromatic rings. The average molecular weight is 257 g/mol. The number of aromatic nitrogens is 3. The molecular formula is C13H15N5O. The molecule has 0 radical (unpaired) electrons. The molecule has 0 saturated carbocycles. The van der Waals surface area contributed by atoms with Crippen molar-refractivity contribution in [2.45, 2.75) is 19.5 Å². The molecule has 19 heavy (non-hydrogen) atoms. The van der Waals surface area contributed by atoms with Crippen molar-refractivity contribution in [1.29, 1.82) is 5.26 Å². The summed E-state index contributed by atoms with van der Waals surface area (Å²) in [6.45, 7) is 0.495. The van der Waals surface area contributed by atoms with E-state index < -0.39 is 0 Å². The number of ether oxygens (including phenoxy) is 1. The molecule has 2 rings (SSSR count). The van der Waals surface area contributed by atoms with Gasteiger partial charge in [0.1, 0.15) is 12.3 Å². The van der Waals surface area contributed by atoms with E-state index in [1.54, 1.807) is 11.8 Å². The SMILES string of the molecule is COc1ccc(Cc2c(CN)nnn2CC#N)cc1. The molecule has 0 unspecified atom stereocenters. The molecule has 0 bridgehead atoms. The Morgan fingerprint density at radius 1 is 1.37 bits per heavy atom. The third-order valence-corrected chi connectivity index (χ3v) is 2.86. The Hall–Kier alpha value is -2.39. The van der Waals surface area contributed by atoms with Gasteiger partial charge in [-0.15, -0.1) is 5.10 Å². The molecule has 0 fully saturated rings. The van der Waals surface area contributed by atoms with Crippen LogP contribution >= 0.6 is 0 Å². The van der Waals surface area contributed by atoms with Crippen LogP contribution in [0.5, 0.6) is 5.75 Å². The van der Waals surface area contributed by atoms with Gasteiger partial charge in [-0.2, -0.15) is 5.26 Å². The monoisotopic (exact) mass is 257 g/mol. The van der Waals surface area contributed by atoms with E-state index in [1.165, 1.54) is 0 Å². The van der Waals surface area contributed by atoms with Crippen LogP contribution in [0.15, 0.2) is 24.3 Å². The lowest BCUT2D eigenvalue weighted by Crippen LogP contribution is -2.08. The van der Waals surface area contributed by atoms with Crippen LogP contribution in [0.25, 0.3) is 0 Å². The fourth-order valence-electron chi connectivity index (χ4n) is 1.85. The van der Waals surface area contributed by atoms with E-state index in [9.17, 15) is 0 Å². The van der Waals surface area contributed by atoms with Gasteiger partial charge in [-0.05, 0) is 17.7 Å². The number of hydrogen-bond donors (Lipinski definition) is 1. The Morgan fingerprint density at radius 3 is 2.68 bits per heavy atom. The first-order valence-corrected chi connectivity index (χ1v) is 5.89. The van der Waals surface area contributed by atoms with Crippen molar-refractivity contribution in [3.05, 3.63) is 41.2 Å². The predicted octanol–water partition coefficient (Wildman–Crippen LogP) is 0.860. The minimum atomic E-state index is 0.179. The Morgan fingerprint density at radius 2 is 2.11 bits per heavy atom. The van der Waals surface area contributed by atoms with E-state index in [4.69, 9.17) is 15.7 Å². The van der Waals surface area contributed by atoms with E-state index in [2.05, 4.69) is 16.4 Å². The molecule has 0 saturated heterocycles. The summed E-state index contributed by atoms with van der Waals surface area (Å²) in [6.07, 6.45) is 0.644. The Kier molecular flexibility index (Phi) is 4.11. The second kappa shape index (κ2) is 5.98. The number of rotatable bonds is 5. The van der Waals surface area contributed by atoms with Crippen LogP contribution in [0.1, 0.15) is 17.0 Å². The molecular weight excluding hydrogens is 242 g/mol. The number of methoxy groups -OCH3 is 1. The molecule has 98 valence electrons. The molecule has 0 atom stereocenters. The maximum atomic E-state index is 8.77. The number of benzene rings is 1. The number of nitrogens with zero attached hydrogens (tertiary/aromatic N) is 4. The molecule has 2 N–H and O–H groups in total. The van der Waals surface area contributed by atoms with E-state index in [-0.39, 0.29) is 6.54 Å². The van der Waals surface area contributed by atoms with Gasteiger partial charge >= 0.3 is 0 Å². The molecule has 0 aliphatic heterocycles. The molecule has 6 nitrogen and oxygen atoms in total. The lowest BCUT2D eigenvalue weighted by Gasteiger charge is -2.06. The first-order valence-electron chi connectivity index (χ1n) is 5.89. The molecule has 0 aliphatic carbocycles. The van der Waals surface area contributed by atoms with E-state index >= 15 is 0 Å². The van der Waals surface area contributed by atoms with Gasteiger partial charge in [0.2, 0.25) is 0 Å². The quantitative estimate of drug-likeness (QED) is 0.858. The van der Waals surface area contributed by atoms with Crippen LogP contribution in [0.2, 0.25) is 0 Å². The zero-order valence-corrected chi connectivity index (χ0v) is 10.7. The second-order valence-electron chi connectivity index (χ2n) is 4.03. The zero-order chi connectivity index (χ0) is 13.7. The van der Waals surface area contributed by atoms with Crippen molar-refractivity contribution in [3.63, 3.8) is 0 Å². The highest BCUT2D eigenvalue weighted by Gasteiger charge is 2.12. The molecule has 0 amide bonds. The minimum Gasteiger partial charge on any atom is -0.497 e. The van der Waals surface area contributed by atoms with Crippen LogP contribution < -0.4 is 10.5 Å². The van der Waals surface area contributed by atoms with Crippen LogP contribution in [0, 0.1) is 11.3 Å². The van der Waals surface area contributed by atoms with Gasteiger partial charge in [0.05, 0.1) is 24.6 Å². The molecule has 6 heteroatoms. The third-order valence-electron chi connectivity index (χ3n) is 2.86. The van der Waals surface area contributed by atoms with Crippen LogP contribution in [-0.4, -0.2) is 22.1 Å². The van der Waals surface area contributed by atoms with Gasteiger partial charge in [-0.25, -0.2) is 4.68 Å². The predicted molar refractivity (Wildman–Crippen MR) is 69.3 cm³/mol. The van der Waals surface area contributed by atoms with E-state index in [1.807, 2.05) is 24.3 Å². The average Bonchev–Trinajstić information content (AvgIpc) is 2.82. The smallest absolute Gasteiger partial charge is 0.130 e. The van der Waals surface area contributed by atoms with Gasteiger partial charge in [0.25, 0.3) is 0 Å². The van der Waals surface area contributed by atoms with Gasteiger partial charge in [-0.3, -0.25) is 0 Å². The standard InChI is InChI=1S/C13H15N5O/c1-19-11-4-2-10(3-5-11)8-13-12(9-15)16-17-18(13)7-6-14/h2-5H,7-9,15H2,1H3. The van der Waals surface area contributed by atoms with Crippen LogP contribution in [-0.2, 0) is 19.5 Å². The normalized spacial score (nSPS) is 10.2. The van der Waals surface area contributed by atoms with Crippen molar-refractivity contribution >= 4 is 0 Å². The largest absolute Gasteiger partial charge is 0.497 e. The zero-order valence-electron chi connectivity index (χ0n) is 10.7. The van der Waals surface area contributed by atoms with Gasteiger partial charge < -0.3 is 10.5 Å². The second-order valence-corrected chi connectivity index (χ2v) is 4.03. The minimum absolute atomic E-state index is 0.179. The molecule has 1 aromatic carbocycles. The summed E-state index contributed by atoms with van der Waals surface area (Å²) in [5.74, 6) is 0.812. The maximum Gasteiger partial charge on any atom is 0.130 e. The van der Waals surface area contributed by atoms with Gasteiger partial charge in [0, 0.05) is 13.0 Å². The van der Waals surface area contributed by atoms with Crippen LogP contribution in [0.3, 0.4) is 0 Å². The summed E-state index contributed by atoms with van der Waals surface area (Å²) in [4.78, 5) is 0. The molecule has 1 heterocycles. The van der Waals surface area contributed by atoms with E-state index in [0.717, 1.165) is 22.7 Å². The van der Waals surface area contributed by atoms with Crippen molar-refractivity contribution < 1.29 is 4.74 Å². The van der Waals surface area contributed by atoms with Crippen molar-refractivity contribution in [3.8, 4) is 11.8 Å². The number of hydrogen-bond acceptors (Lipinski definition) is 5. The Bertz CT molecular complexity index is 582. The van der Waals surface area contributed by atoms with Crippen LogP contribution in [0.4, 0.5) is 0 Å². The first-order chi connectivity index (χ1) is 9.28. The number of nitriles is 1. The highest BCUT2D eigenvalue weighted by atomic mass is 16.5. The van der Waals surface area contributed by atoms with Crippen molar-refractivity contribution in [2.24, 2.45) is 5.73 Å². The summed E-state index contributed by atoms with van der Waals surface area (Å²) in [6, 6.07) is 9.81. The first kappa shape index (κ1) is 13.1. The maximum absolute atomic E-state index is 8.77. The van der Waals surface area contributed by atoms with Crippen molar-refractivity contribution in [2.75, 3.05) is 7.11 Å². The molecule has 0 aliphatic rings. The summed E-state index contributed by atoms with van der Waals surface area (Å²) < 4.78 is 6.71. The summed E-state index contributed by atoms with van der Waals surface area (Å²) in [5, 5.41) is 16.7. The van der Waals surface area contributed by atoms with Gasteiger partial charge in [0.15, 0.2) is 0 Å². The fourth-order valence-corrected chi connectivity index (χ4v) is 1.85. The summed E-state index contributed by atoms with van der Waals surface area (Å²) in [7, 11) is 1.63. The third kappa shape index (κ3) is 2.89.